The van der Waals surface area contributed by atoms with Crippen molar-refractivity contribution in [2.45, 2.75) is 32.2 Å². The number of nitrogens with zero attached hydrogens (tertiary/aromatic N) is 2. The van der Waals surface area contributed by atoms with Crippen LogP contribution in [0.2, 0.25) is 5.02 Å². The standard InChI is InChI=1S/C26H24ClFN2O2/c1-3-29(21-14-10-19(27)11-15-21)26(32)23-16-17(2)30(24-7-5-4-6-22(23)24)25(31)18-8-12-20(28)13-9-18/h4-15,17,23H,3,16H2,1-2H3/t17-,23+/m1/s1. The van der Waals surface area contributed by atoms with Crippen molar-refractivity contribution in [1.82, 2.24) is 0 Å². The van der Waals surface area contributed by atoms with E-state index in [4.69, 9.17) is 11.6 Å². The van der Waals surface area contributed by atoms with Gasteiger partial charge in [0.05, 0.1) is 5.92 Å². The lowest BCUT2D eigenvalue weighted by Crippen LogP contribution is -2.46. The van der Waals surface area contributed by atoms with E-state index in [0.29, 0.717) is 29.2 Å². The van der Waals surface area contributed by atoms with E-state index in [-0.39, 0.29) is 29.6 Å². The molecule has 2 amide bonds. The molecule has 0 fully saturated rings. The van der Waals surface area contributed by atoms with Crippen LogP contribution in [-0.4, -0.2) is 24.4 Å². The number of rotatable bonds is 4. The van der Waals surface area contributed by atoms with Crippen molar-refractivity contribution < 1.29 is 14.0 Å². The minimum atomic E-state index is -0.388. The molecular weight excluding hydrogens is 427 g/mol. The number of hydrogen-bond donors (Lipinski definition) is 0. The number of fused-ring (bicyclic) bond motifs is 1. The average Bonchev–Trinajstić information content (AvgIpc) is 2.80. The summed E-state index contributed by atoms with van der Waals surface area (Å²) in [5.41, 5.74) is 2.73. The van der Waals surface area contributed by atoms with E-state index in [1.807, 2.05) is 50.2 Å². The topological polar surface area (TPSA) is 40.6 Å². The fourth-order valence-electron chi connectivity index (χ4n) is 4.36. The van der Waals surface area contributed by atoms with Gasteiger partial charge in [-0.15, -0.1) is 0 Å². The number of amides is 2. The van der Waals surface area contributed by atoms with Crippen LogP contribution in [0.5, 0.6) is 0 Å². The lowest BCUT2D eigenvalue weighted by molar-refractivity contribution is -0.120. The van der Waals surface area contributed by atoms with Gasteiger partial charge >= 0.3 is 0 Å². The second-order valence-electron chi connectivity index (χ2n) is 7.94. The molecule has 1 aliphatic rings. The highest BCUT2D eigenvalue weighted by molar-refractivity contribution is 6.30. The second kappa shape index (κ2) is 9.13. The van der Waals surface area contributed by atoms with Gasteiger partial charge in [-0.3, -0.25) is 9.59 Å². The van der Waals surface area contributed by atoms with Crippen LogP contribution in [0.3, 0.4) is 0 Å². The van der Waals surface area contributed by atoms with E-state index in [0.717, 1.165) is 11.3 Å². The number of hydrogen-bond acceptors (Lipinski definition) is 2. The van der Waals surface area contributed by atoms with Gasteiger partial charge in [0.2, 0.25) is 5.91 Å². The van der Waals surface area contributed by atoms with Crippen molar-refractivity contribution in [3.8, 4) is 0 Å². The molecule has 1 heterocycles. The van der Waals surface area contributed by atoms with E-state index in [1.54, 1.807) is 21.9 Å². The third-order valence-corrected chi connectivity index (χ3v) is 6.17. The van der Waals surface area contributed by atoms with E-state index in [1.165, 1.54) is 24.3 Å². The summed E-state index contributed by atoms with van der Waals surface area (Å²) in [6.07, 6.45) is 0.493. The molecule has 0 radical (unpaired) electrons. The molecule has 3 aromatic carbocycles. The van der Waals surface area contributed by atoms with Crippen LogP contribution < -0.4 is 9.80 Å². The van der Waals surface area contributed by atoms with Gasteiger partial charge in [0.15, 0.2) is 0 Å². The van der Waals surface area contributed by atoms with Crippen LogP contribution >= 0.6 is 11.6 Å². The number of carbonyl (C=O) groups excluding carboxylic acids is 2. The number of anilines is 2. The zero-order valence-electron chi connectivity index (χ0n) is 18.0. The summed E-state index contributed by atoms with van der Waals surface area (Å²) in [5.74, 6) is -0.987. The molecule has 6 heteroatoms. The Hall–Kier alpha value is -3.18. The highest BCUT2D eigenvalue weighted by Gasteiger charge is 2.38. The molecule has 0 aromatic heterocycles. The largest absolute Gasteiger partial charge is 0.312 e. The Balaban J connectivity index is 1.70. The van der Waals surface area contributed by atoms with Crippen molar-refractivity contribution in [1.29, 1.82) is 0 Å². The SMILES string of the molecule is CCN(C(=O)[C@H]1C[C@@H](C)N(C(=O)c2ccc(F)cc2)c2ccccc21)c1ccc(Cl)cc1. The van der Waals surface area contributed by atoms with E-state index in [9.17, 15) is 14.0 Å². The van der Waals surface area contributed by atoms with Crippen molar-refractivity contribution in [2.75, 3.05) is 16.3 Å². The van der Waals surface area contributed by atoms with Crippen molar-refractivity contribution in [3.63, 3.8) is 0 Å². The average molecular weight is 451 g/mol. The first-order valence-corrected chi connectivity index (χ1v) is 11.0. The molecule has 3 aromatic rings. The molecule has 0 unspecified atom stereocenters. The summed E-state index contributed by atoms with van der Waals surface area (Å²) in [6, 6.07) is 20.1. The summed E-state index contributed by atoms with van der Waals surface area (Å²) in [5, 5.41) is 0.615. The molecule has 0 saturated heterocycles. The first-order chi connectivity index (χ1) is 15.4. The smallest absolute Gasteiger partial charge is 0.258 e. The third kappa shape index (κ3) is 4.13. The van der Waals surface area contributed by atoms with E-state index >= 15 is 0 Å². The van der Waals surface area contributed by atoms with Crippen molar-refractivity contribution in [3.05, 3.63) is 94.8 Å². The van der Waals surface area contributed by atoms with Gasteiger partial charge in [-0.25, -0.2) is 4.39 Å². The fraction of sp³-hybridized carbons (Fsp3) is 0.231. The van der Waals surface area contributed by atoms with Crippen LogP contribution in [0.15, 0.2) is 72.8 Å². The molecule has 0 spiro atoms. The van der Waals surface area contributed by atoms with Crippen LogP contribution in [0, 0.1) is 5.82 Å². The van der Waals surface area contributed by atoms with Crippen LogP contribution in [-0.2, 0) is 4.79 Å². The Bertz CT molecular complexity index is 1130. The Labute approximate surface area is 192 Å². The van der Waals surface area contributed by atoms with Crippen LogP contribution in [0.25, 0.3) is 0 Å². The number of halogens is 2. The maximum Gasteiger partial charge on any atom is 0.258 e. The Morgan fingerprint density at radius 2 is 1.69 bits per heavy atom. The molecule has 164 valence electrons. The molecule has 0 bridgehead atoms. The summed E-state index contributed by atoms with van der Waals surface area (Å²) in [4.78, 5) is 30.4. The van der Waals surface area contributed by atoms with Crippen LogP contribution in [0.4, 0.5) is 15.8 Å². The van der Waals surface area contributed by atoms with Gasteiger partial charge in [-0.05, 0) is 80.4 Å². The Morgan fingerprint density at radius 1 is 1.03 bits per heavy atom. The third-order valence-electron chi connectivity index (χ3n) is 5.92. The predicted octanol–water partition coefficient (Wildman–Crippen LogP) is 6.05. The quantitative estimate of drug-likeness (QED) is 0.485. The van der Waals surface area contributed by atoms with Gasteiger partial charge in [-0.2, -0.15) is 0 Å². The summed E-state index contributed by atoms with van der Waals surface area (Å²) >= 11 is 6.02. The first kappa shape index (κ1) is 22.0. The minimum Gasteiger partial charge on any atom is -0.312 e. The Morgan fingerprint density at radius 3 is 2.34 bits per heavy atom. The molecule has 2 atom stereocenters. The summed E-state index contributed by atoms with van der Waals surface area (Å²) in [7, 11) is 0. The zero-order chi connectivity index (χ0) is 22.8. The van der Waals surface area contributed by atoms with Gasteiger partial charge in [0, 0.05) is 34.5 Å². The normalized spacial score (nSPS) is 17.6. The number of para-hydroxylation sites is 1. The molecule has 1 aliphatic heterocycles. The fourth-order valence-corrected chi connectivity index (χ4v) is 4.49. The minimum absolute atomic E-state index is 0.0111. The maximum absolute atomic E-state index is 13.7. The zero-order valence-corrected chi connectivity index (χ0v) is 18.7. The van der Waals surface area contributed by atoms with Crippen LogP contribution in [0.1, 0.15) is 42.1 Å². The molecule has 0 N–H and O–H groups in total. The molecular formula is C26H24ClFN2O2. The number of benzene rings is 3. The number of carbonyl (C=O) groups is 2. The molecule has 4 nitrogen and oxygen atoms in total. The highest BCUT2D eigenvalue weighted by Crippen LogP contribution is 2.40. The molecule has 4 rings (SSSR count). The van der Waals surface area contributed by atoms with Crippen molar-refractivity contribution in [2.24, 2.45) is 0 Å². The van der Waals surface area contributed by atoms with Crippen molar-refractivity contribution >= 4 is 34.8 Å². The van der Waals surface area contributed by atoms with E-state index in [2.05, 4.69) is 0 Å². The monoisotopic (exact) mass is 450 g/mol. The molecule has 0 aliphatic carbocycles. The van der Waals surface area contributed by atoms with Gasteiger partial charge in [0.1, 0.15) is 5.82 Å². The molecule has 32 heavy (non-hydrogen) atoms. The predicted molar refractivity (Wildman–Crippen MR) is 126 cm³/mol. The highest BCUT2D eigenvalue weighted by atomic mass is 35.5. The van der Waals surface area contributed by atoms with Gasteiger partial charge < -0.3 is 9.80 Å². The number of likely N-dealkylation sites (N-methyl/N-ethyl adjacent to an activating group) is 1. The van der Waals surface area contributed by atoms with Gasteiger partial charge in [0.25, 0.3) is 5.91 Å². The Kier molecular flexibility index (Phi) is 6.28. The molecule has 0 saturated carbocycles. The lowest BCUT2D eigenvalue weighted by atomic mass is 9.84. The maximum atomic E-state index is 13.7. The lowest BCUT2D eigenvalue weighted by Gasteiger charge is -2.40. The summed E-state index contributed by atoms with van der Waals surface area (Å²) in [6.45, 7) is 4.40. The summed E-state index contributed by atoms with van der Waals surface area (Å²) < 4.78 is 13.3. The second-order valence-corrected chi connectivity index (χ2v) is 8.37. The first-order valence-electron chi connectivity index (χ1n) is 10.7. The van der Waals surface area contributed by atoms with E-state index < -0.39 is 0 Å². The van der Waals surface area contributed by atoms with Gasteiger partial charge in [-0.1, -0.05) is 29.8 Å².